The van der Waals surface area contributed by atoms with Gasteiger partial charge >= 0.3 is 0 Å². The molecule has 112 valence electrons. The number of nitrogens with zero attached hydrogens (tertiary/aromatic N) is 3. The Labute approximate surface area is 124 Å². The van der Waals surface area contributed by atoms with Crippen LogP contribution >= 0.6 is 0 Å². The van der Waals surface area contributed by atoms with Crippen molar-refractivity contribution in [2.75, 3.05) is 18.5 Å². The molecule has 1 fully saturated rings. The highest BCUT2D eigenvalue weighted by Gasteiger charge is 2.28. The molecular weight excluding hydrogens is 268 g/mol. The van der Waals surface area contributed by atoms with Gasteiger partial charge in [0.15, 0.2) is 0 Å². The normalized spacial score (nSPS) is 21.6. The summed E-state index contributed by atoms with van der Waals surface area (Å²) in [7, 11) is 1.95. The second-order valence-electron chi connectivity index (χ2n) is 5.53. The fourth-order valence-electron chi connectivity index (χ4n) is 3.15. The molecule has 6 heteroatoms. The van der Waals surface area contributed by atoms with Crippen molar-refractivity contribution in [1.29, 1.82) is 5.26 Å². The minimum absolute atomic E-state index is 0.0937. The molecule has 2 N–H and O–H groups in total. The Hall–Kier alpha value is -2.13. The van der Waals surface area contributed by atoms with Gasteiger partial charge in [0, 0.05) is 24.8 Å². The lowest BCUT2D eigenvalue weighted by atomic mass is 9.83. The summed E-state index contributed by atoms with van der Waals surface area (Å²) in [4.78, 5) is 12.6. The zero-order valence-corrected chi connectivity index (χ0v) is 12.2. The van der Waals surface area contributed by atoms with E-state index in [1.54, 1.807) is 6.07 Å². The summed E-state index contributed by atoms with van der Waals surface area (Å²) in [5.41, 5.74) is 6.58. The number of nitriles is 1. The monoisotopic (exact) mass is 288 g/mol. The molecule has 1 aliphatic rings. The van der Waals surface area contributed by atoms with E-state index in [0.717, 1.165) is 24.9 Å². The van der Waals surface area contributed by atoms with Crippen molar-refractivity contribution < 1.29 is 4.92 Å². The minimum atomic E-state index is -0.503. The van der Waals surface area contributed by atoms with Crippen LogP contribution in [0.1, 0.15) is 31.2 Å². The molecule has 2 atom stereocenters. The van der Waals surface area contributed by atoms with Crippen molar-refractivity contribution in [1.82, 2.24) is 0 Å². The van der Waals surface area contributed by atoms with Gasteiger partial charge in [-0.25, -0.2) is 0 Å². The van der Waals surface area contributed by atoms with E-state index in [1.807, 2.05) is 13.1 Å². The van der Waals surface area contributed by atoms with E-state index < -0.39 is 4.92 Å². The van der Waals surface area contributed by atoms with Crippen molar-refractivity contribution in [3.8, 4) is 6.07 Å². The first-order valence-corrected chi connectivity index (χ1v) is 7.20. The standard InChI is InChI=1S/C15H20N4O2/c1-18(14-5-3-2-4-11(14)9-16)13-7-6-12(10-17)15(8-13)19(20)21/h6-8,11,14H,2-5,9,16H2,1H3. The van der Waals surface area contributed by atoms with Crippen LogP contribution in [0.5, 0.6) is 0 Å². The Bertz CT molecular complexity index is 567. The van der Waals surface area contributed by atoms with Crippen LogP contribution in [0, 0.1) is 27.4 Å². The van der Waals surface area contributed by atoms with E-state index in [0.29, 0.717) is 18.5 Å². The topological polar surface area (TPSA) is 96.2 Å². The van der Waals surface area contributed by atoms with Crippen LogP contribution in [0.25, 0.3) is 0 Å². The van der Waals surface area contributed by atoms with Gasteiger partial charge in [-0.1, -0.05) is 12.8 Å². The number of benzene rings is 1. The van der Waals surface area contributed by atoms with Crippen molar-refractivity contribution in [3.63, 3.8) is 0 Å². The molecule has 0 aliphatic heterocycles. The molecule has 0 bridgehead atoms. The highest BCUT2D eigenvalue weighted by Crippen LogP contribution is 2.32. The molecule has 0 aromatic heterocycles. The number of nitro benzene ring substituents is 1. The maximum absolute atomic E-state index is 11.1. The van der Waals surface area contributed by atoms with Crippen LogP contribution in [-0.2, 0) is 0 Å². The smallest absolute Gasteiger partial charge is 0.289 e. The number of hydrogen-bond donors (Lipinski definition) is 1. The summed E-state index contributed by atoms with van der Waals surface area (Å²) >= 11 is 0. The van der Waals surface area contributed by atoms with Gasteiger partial charge in [0.05, 0.1) is 4.92 Å². The zero-order chi connectivity index (χ0) is 15.4. The molecule has 0 spiro atoms. The highest BCUT2D eigenvalue weighted by molar-refractivity contribution is 5.60. The number of nitrogens with two attached hydrogens (primary N) is 1. The average molecular weight is 288 g/mol. The lowest BCUT2D eigenvalue weighted by Crippen LogP contribution is -2.43. The van der Waals surface area contributed by atoms with Crippen molar-refractivity contribution in [3.05, 3.63) is 33.9 Å². The molecule has 1 aliphatic carbocycles. The molecular formula is C15H20N4O2. The number of anilines is 1. The van der Waals surface area contributed by atoms with Crippen LogP contribution in [0.4, 0.5) is 11.4 Å². The van der Waals surface area contributed by atoms with Crippen molar-refractivity contribution in [2.45, 2.75) is 31.7 Å². The fourth-order valence-corrected chi connectivity index (χ4v) is 3.15. The van der Waals surface area contributed by atoms with Crippen molar-refractivity contribution >= 4 is 11.4 Å². The van der Waals surface area contributed by atoms with E-state index in [-0.39, 0.29) is 11.3 Å². The van der Waals surface area contributed by atoms with Crippen molar-refractivity contribution in [2.24, 2.45) is 11.7 Å². The van der Waals surface area contributed by atoms with Gasteiger partial charge in [-0.3, -0.25) is 10.1 Å². The molecule has 0 heterocycles. The molecule has 2 unspecified atom stereocenters. The largest absolute Gasteiger partial charge is 0.371 e. The third kappa shape index (κ3) is 3.14. The third-order valence-electron chi connectivity index (χ3n) is 4.37. The maximum atomic E-state index is 11.1. The summed E-state index contributed by atoms with van der Waals surface area (Å²) < 4.78 is 0. The number of hydrogen-bond acceptors (Lipinski definition) is 5. The highest BCUT2D eigenvalue weighted by atomic mass is 16.6. The SMILES string of the molecule is CN(c1ccc(C#N)c([N+](=O)[O-])c1)C1CCCCC1CN. The zero-order valence-electron chi connectivity index (χ0n) is 12.2. The predicted octanol–water partition coefficient (Wildman–Crippen LogP) is 2.42. The van der Waals surface area contributed by atoms with E-state index >= 15 is 0 Å². The summed E-state index contributed by atoms with van der Waals surface area (Å²) in [6.07, 6.45) is 4.50. The summed E-state index contributed by atoms with van der Waals surface area (Å²) in [5, 5.41) is 20.0. The van der Waals surface area contributed by atoms with Gasteiger partial charge < -0.3 is 10.6 Å². The Morgan fingerprint density at radius 2 is 2.19 bits per heavy atom. The minimum Gasteiger partial charge on any atom is -0.371 e. The molecule has 2 rings (SSSR count). The van der Waals surface area contributed by atoms with E-state index in [2.05, 4.69) is 4.90 Å². The quantitative estimate of drug-likeness (QED) is 0.678. The van der Waals surface area contributed by atoms with Gasteiger partial charge in [-0.2, -0.15) is 5.26 Å². The van der Waals surface area contributed by atoms with Gasteiger partial charge in [-0.15, -0.1) is 0 Å². The van der Waals surface area contributed by atoms with E-state index in [4.69, 9.17) is 11.0 Å². The second kappa shape index (κ2) is 6.55. The van der Waals surface area contributed by atoms with Gasteiger partial charge in [-0.05, 0) is 37.4 Å². The van der Waals surface area contributed by atoms with Crippen LogP contribution < -0.4 is 10.6 Å². The number of rotatable bonds is 4. The van der Waals surface area contributed by atoms with Crippen LogP contribution in [0.15, 0.2) is 18.2 Å². The lowest BCUT2D eigenvalue weighted by molar-refractivity contribution is -0.385. The molecule has 21 heavy (non-hydrogen) atoms. The molecule has 0 amide bonds. The first-order valence-electron chi connectivity index (χ1n) is 7.20. The predicted molar refractivity (Wildman–Crippen MR) is 81.0 cm³/mol. The number of nitro groups is 1. The maximum Gasteiger partial charge on any atom is 0.289 e. The van der Waals surface area contributed by atoms with Gasteiger partial charge in [0.1, 0.15) is 11.6 Å². The summed E-state index contributed by atoms with van der Waals surface area (Å²) in [6, 6.07) is 6.94. The van der Waals surface area contributed by atoms with Crippen LogP contribution in [0.3, 0.4) is 0 Å². The van der Waals surface area contributed by atoms with Crippen LogP contribution in [0.2, 0.25) is 0 Å². The molecule has 6 nitrogen and oxygen atoms in total. The molecule has 0 saturated heterocycles. The molecule has 1 saturated carbocycles. The van der Waals surface area contributed by atoms with E-state index in [9.17, 15) is 10.1 Å². The van der Waals surface area contributed by atoms with Gasteiger partial charge in [0.2, 0.25) is 0 Å². The first kappa shape index (κ1) is 15.3. The first-order chi connectivity index (χ1) is 10.1. The molecule has 1 aromatic carbocycles. The Morgan fingerprint density at radius 1 is 1.48 bits per heavy atom. The lowest BCUT2D eigenvalue weighted by Gasteiger charge is -2.38. The Balaban J connectivity index is 2.30. The fraction of sp³-hybridized carbons (Fsp3) is 0.533. The Morgan fingerprint density at radius 3 is 2.81 bits per heavy atom. The van der Waals surface area contributed by atoms with Crippen LogP contribution in [-0.4, -0.2) is 24.6 Å². The van der Waals surface area contributed by atoms with E-state index in [1.165, 1.54) is 18.6 Å². The third-order valence-corrected chi connectivity index (χ3v) is 4.37. The molecule has 0 radical (unpaired) electrons. The Kier molecular flexibility index (Phi) is 4.76. The second-order valence-corrected chi connectivity index (χ2v) is 5.53. The van der Waals surface area contributed by atoms with Gasteiger partial charge in [0.25, 0.3) is 5.69 Å². The summed E-state index contributed by atoms with van der Waals surface area (Å²) in [6.45, 7) is 0.632. The molecule has 1 aromatic rings. The summed E-state index contributed by atoms with van der Waals surface area (Å²) in [5.74, 6) is 0.415. The average Bonchev–Trinajstić information content (AvgIpc) is 2.53.